The smallest absolute Gasteiger partial charge is 0.321 e. The Balaban J connectivity index is 1.35. The van der Waals surface area contributed by atoms with E-state index in [1.807, 2.05) is 17.5 Å². The van der Waals surface area contributed by atoms with E-state index in [4.69, 9.17) is 4.42 Å². The normalized spacial score (nSPS) is 14.9. The first-order chi connectivity index (χ1) is 12.7. The van der Waals surface area contributed by atoms with Gasteiger partial charge in [-0.2, -0.15) is 0 Å². The summed E-state index contributed by atoms with van der Waals surface area (Å²) < 4.78 is 5.56. The summed E-state index contributed by atoms with van der Waals surface area (Å²) >= 11 is 2.66. The van der Waals surface area contributed by atoms with Gasteiger partial charge in [0.1, 0.15) is 0 Å². The summed E-state index contributed by atoms with van der Waals surface area (Å²) in [5.41, 5.74) is 0. The number of hydrogen-bond donors (Lipinski definition) is 2. The maximum Gasteiger partial charge on any atom is 0.321 e. The van der Waals surface area contributed by atoms with E-state index in [0.717, 1.165) is 29.7 Å². The molecule has 0 aromatic carbocycles. The Morgan fingerprint density at radius 2 is 2.12 bits per heavy atom. The zero-order chi connectivity index (χ0) is 18.2. The summed E-state index contributed by atoms with van der Waals surface area (Å²) in [6.45, 7) is 3.14. The van der Waals surface area contributed by atoms with Gasteiger partial charge in [0.2, 0.25) is 11.8 Å². The van der Waals surface area contributed by atoms with Gasteiger partial charge < -0.3 is 9.73 Å². The number of nitrogens with one attached hydrogen (secondary N) is 2. The molecule has 140 valence electrons. The van der Waals surface area contributed by atoms with Crippen molar-refractivity contribution in [3.8, 4) is 0 Å². The number of likely N-dealkylation sites (tertiary alicyclic amines) is 1. The average Bonchev–Trinajstić information content (AvgIpc) is 3.31. The van der Waals surface area contributed by atoms with Crippen LogP contribution in [0.4, 0.5) is 4.79 Å². The number of carbonyl (C=O) groups excluding carboxylic acids is 2. The highest BCUT2D eigenvalue weighted by Gasteiger charge is 2.16. The highest BCUT2D eigenvalue weighted by Crippen LogP contribution is 2.18. The van der Waals surface area contributed by atoms with E-state index in [1.54, 1.807) is 11.3 Å². The van der Waals surface area contributed by atoms with Gasteiger partial charge in [-0.15, -0.1) is 21.5 Å². The molecule has 1 saturated heterocycles. The van der Waals surface area contributed by atoms with E-state index in [9.17, 15) is 9.59 Å². The van der Waals surface area contributed by atoms with Crippen molar-refractivity contribution in [1.29, 1.82) is 0 Å². The molecule has 0 saturated carbocycles. The van der Waals surface area contributed by atoms with Gasteiger partial charge in [-0.05, 0) is 37.4 Å². The summed E-state index contributed by atoms with van der Waals surface area (Å²) in [7, 11) is 0. The Hall–Kier alpha value is -1.91. The molecule has 8 nitrogen and oxygen atoms in total. The van der Waals surface area contributed by atoms with Crippen molar-refractivity contribution in [1.82, 2.24) is 25.7 Å². The lowest BCUT2D eigenvalue weighted by molar-refractivity contribution is -0.117. The monoisotopic (exact) mass is 395 g/mol. The third-order valence-corrected chi connectivity index (χ3v) is 5.53. The molecule has 0 unspecified atom stereocenters. The van der Waals surface area contributed by atoms with Crippen molar-refractivity contribution < 1.29 is 14.0 Å². The third kappa shape index (κ3) is 6.11. The fourth-order valence-corrected chi connectivity index (χ4v) is 3.81. The first-order valence-electron chi connectivity index (χ1n) is 8.46. The number of urea groups is 1. The van der Waals surface area contributed by atoms with Crippen LogP contribution in [-0.2, 0) is 17.9 Å². The van der Waals surface area contributed by atoms with Crippen LogP contribution < -0.4 is 10.6 Å². The van der Waals surface area contributed by atoms with Crippen LogP contribution in [0.15, 0.2) is 27.2 Å². The summed E-state index contributed by atoms with van der Waals surface area (Å²) in [5, 5.41) is 15.2. The number of imide groups is 1. The first-order valence-corrected chi connectivity index (χ1v) is 10.3. The molecule has 3 heterocycles. The van der Waals surface area contributed by atoms with Crippen molar-refractivity contribution in [3.05, 3.63) is 28.3 Å². The maximum atomic E-state index is 11.8. The predicted molar refractivity (Wildman–Crippen MR) is 98.8 cm³/mol. The van der Waals surface area contributed by atoms with E-state index in [1.165, 1.54) is 19.3 Å². The zero-order valence-corrected chi connectivity index (χ0v) is 15.9. The molecule has 0 aliphatic carbocycles. The fourth-order valence-electron chi connectivity index (χ4n) is 2.58. The Morgan fingerprint density at radius 1 is 1.27 bits per heavy atom. The molecule has 0 spiro atoms. The predicted octanol–water partition coefficient (Wildman–Crippen LogP) is 2.24. The van der Waals surface area contributed by atoms with Gasteiger partial charge in [0, 0.05) is 4.88 Å². The molecule has 0 atom stereocenters. The van der Waals surface area contributed by atoms with Crippen LogP contribution in [0.5, 0.6) is 0 Å². The molecule has 0 bridgehead atoms. The summed E-state index contributed by atoms with van der Waals surface area (Å²) in [4.78, 5) is 26.8. The minimum atomic E-state index is -0.514. The van der Waals surface area contributed by atoms with Crippen LogP contribution in [0.2, 0.25) is 0 Å². The van der Waals surface area contributed by atoms with Crippen molar-refractivity contribution in [2.24, 2.45) is 0 Å². The second kappa shape index (κ2) is 9.70. The zero-order valence-electron chi connectivity index (χ0n) is 14.3. The van der Waals surface area contributed by atoms with Crippen molar-refractivity contribution in [2.45, 2.75) is 37.6 Å². The molecule has 26 heavy (non-hydrogen) atoms. The highest BCUT2D eigenvalue weighted by molar-refractivity contribution is 7.99. The highest BCUT2D eigenvalue weighted by atomic mass is 32.2. The SMILES string of the molecule is O=C(CSc1nnc(CN2CCCCC2)o1)NC(=O)NCc1cccs1. The molecule has 2 N–H and O–H groups in total. The molecule has 1 fully saturated rings. The summed E-state index contributed by atoms with van der Waals surface area (Å²) in [5.74, 6) is 0.190. The van der Waals surface area contributed by atoms with Crippen molar-refractivity contribution in [3.63, 3.8) is 0 Å². The lowest BCUT2D eigenvalue weighted by Crippen LogP contribution is -2.39. The second-order valence-electron chi connectivity index (χ2n) is 5.90. The van der Waals surface area contributed by atoms with Gasteiger partial charge in [0.05, 0.1) is 18.8 Å². The van der Waals surface area contributed by atoms with Crippen molar-refractivity contribution >= 4 is 35.0 Å². The number of amides is 3. The van der Waals surface area contributed by atoms with Gasteiger partial charge in [0.15, 0.2) is 0 Å². The van der Waals surface area contributed by atoms with E-state index < -0.39 is 11.9 Å². The quantitative estimate of drug-likeness (QED) is 0.693. The minimum absolute atomic E-state index is 0.0395. The Labute approximate surface area is 159 Å². The molecule has 2 aromatic heterocycles. The minimum Gasteiger partial charge on any atom is -0.415 e. The standard InChI is InChI=1S/C16H21N5O3S2/c22-13(18-15(23)17-9-12-5-4-8-25-12)11-26-16-20-19-14(24-16)10-21-6-2-1-3-7-21/h4-5,8H,1-3,6-7,9-11H2,(H2,17,18,22,23). The van der Waals surface area contributed by atoms with Crippen molar-refractivity contribution in [2.75, 3.05) is 18.8 Å². The maximum absolute atomic E-state index is 11.8. The van der Waals surface area contributed by atoms with Crippen LogP contribution in [0, 0.1) is 0 Å². The Bertz CT molecular complexity index is 713. The summed E-state index contributed by atoms with van der Waals surface area (Å²) in [6, 6.07) is 3.31. The molecule has 3 amide bonds. The molecule has 1 aliphatic rings. The lowest BCUT2D eigenvalue weighted by Gasteiger charge is -2.24. The van der Waals surface area contributed by atoms with Gasteiger partial charge in [-0.3, -0.25) is 15.0 Å². The van der Waals surface area contributed by atoms with E-state index in [0.29, 0.717) is 24.2 Å². The van der Waals surface area contributed by atoms with E-state index in [-0.39, 0.29) is 5.75 Å². The van der Waals surface area contributed by atoms with Crippen LogP contribution in [0.3, 0.4) is 0 Å². The number of nitrogens with zero attached hydrogens (tertiary/aromatic N) is 3. The average molecular weight is 396 g/mol. The van der Waals surface area contributed by atoms with Gasteiger partial charge in [-0.1, -0.05) is 24.2 Å². The largest absolute Gasteiger partial charge is 0.415 e. The number of carbonyl (C=O) groups is 2. The first kappa shape index (κ1) is 18.9. The number of hydrogen-bond acceptors (Lipinski definition) is 8. The molecular weight excluding hydrogens is 374 g/mol. The van der Waals surface area contributed by atoms with E-state index >= 15 is 0 Å². The number of thiophene rings is 1. The Kier molecular flexibility index (Phi) is 7.04. The Morgan fingerprint density at radius 3 is 2.88 bits per heavy atom. The van der Waals surface area contributed by atoms with Gasteiger partial charge in [-0.25, -0.2) is 4.79 Å². The van der Waals surface area contributed by atoms with Crippen LogP contribution >= 0.6 is 23.1 Å². The summed E-state index contributed by atoms with van der Waals surface area (Å²) in [6.07, 6.45) is 3.67. The number of piperidine rings is 1. The number of aromatic nitrogens is 2. The van der Waals surface area contributed by atoms with Crippen LogP contribution in [0.1, 0.15) is 30.0 Å². The molecule has 3 rings (SSSR count). The molecule has 0 radical (unpaired) electrons. The topological polar surface area (TPSA) is 100 Å². The van der Waals surface area contributed by atoms with Crippen LogP contribution in [-0.4, -0.2) is 45.9 Å². The molecule has 1 aliphatic heterocycles. The fraction of sp³-hybridized carbons (Fsp3) is 0.500. The lowest BCUT2D eigenvalue weighted by atomic mass is 10.1. The van der Waals surface area contributed by atoms with E-state index in [2.05, 4.69) is 25.7 Å². The molecule has 10 heteroatoms. The molecule has 2 aromatic rings. The molecular formula is C16H21N5O3S2. The number of rotatable bonds is 7. The van der Waals surface area contributed by atoms with Gasteiger partial charge >= 0.3 is 6.03 Å². The van der Waals surface area contributed by atoms with Gasteiger partial charge in [0.25, 0.3) is 5.22 Å². The second-order valence-corrected chi connectivity index (χ2v) is 7.86. The number of thioether (sulfide) groups is 1. The van der Waals surface area contributed by atoms with Crippen LogP contribution in [0.25, 0.3) is 0 Å². The third-order valence-electron chi connectivity index (χ3n) is 3.84.